The van der Waals surface area contributed by atoms with E-state index >= 15 is 0 Å². The second-order valence-electron chi connectivity index (χ2n) is 4.75. The third-order valence-electron chi connectivity index (χ3n) is 2.90. The summed E-state index contributed by atoms with van der Waals surface area (Å²) in [6.45, 7) is 3.18. The van der Waals surface area contributed by atoms with E-state index in [4.69, 9.17) is 11.6 Å². The van der Waals surface area contributed by atoms with Crippen LogP contribution in [0, 0.1) is 6.92 Å². The highest BCUT2D eigenvalue weighted by molar-refractivity contribution is 6.31. The Bertz CT molecular complexity index is 624. The molecule has 0 saturated carbocycles. The number of halogens is 1. The molecule has 0 aliphatic rings. The van der Waals surface area contributed by atoms with Crippen LogP contribution in [0.1, 0.15) is 17.7 Å². The molecule has 0 aliphatic carbocycles. The fourth-order valence-corrected chi connectivity index (χ4v) is 1.97. The highest BCUT2D eigenvalue weighted by Crippen LogP contribution is 2.11. The molecule has 2 heterocycles. The van der Waals surface area contributed by atoms with Crippen LogP contribution in [-0.4, -0.2) is 32.0 Å². The Morgan fingerprint density at radius 1 is 1.48 bits per heavy atom. The molecule has 0 saturated heterocycles. The maximum atomic E-state index is 11.6. The van der Waals surface area contributed by atoms with E-state index in [9.17, 15) is 4.79 Å². The van der Waals surface area contributed by atoms with Crippen molar-refractivity contribution in [2.24, 2.45) is 7.05 Å². The van der Waals surface area contributed by atoms with E-state index in [0.29, 0.717) is 11.6 Å². The van der Waals surface area contributed by atoms with E-state index in [2.05, 4.69) is 15.5 Å². The molecule has 1 N–H and O–H groups in total. The number of hydrogen-bond acceptors (Lipinski definition) is 3. The van der Waals surface area contributed by atoms with Crippen LogP contribution in [0.3, 0.4) is 0 Å². The summed E-state index contributed by atoms with van der Waals surface area (Å²) in [7, 11) is 1.83. The number of aromatic nitrogens is 4. The van der Waals surface area contributed by atoms with Crippen molar-refractivity contribution in [3.63, 3.8) is 0 Å². The van der Waals surface area contributed by atoms with Gasteiger partial charge in [0, 0.05) is 44.2 Å². The molecule has 0 spiro atoms. The van der Waals surface area contributed by atoms with E-state index < -0.39 is 0 Å². The summed E-state index contributed by atoms with van der Waals surface area (Å²) in [4.78, 5) is 11.6. The van der Waals surface area contributed by atoms with Crippen molar-refractivity contribution in [2.45, 2.75) is 19.9 Å². The lowest BCUT2D eigenvalue weighted by molar-refractivity contribution is -0.116. The Kier molecular flexibility index (Phi) is 5.16. The van der Waals surface area contributed by atoms with Crippen LogP contribution >= 0.6 is 11.6 Å². The number of carbonyl (C=O) groups is 1. The average Bonchev–Trinajstić information content (AvgIpc) is 2.99. The van der Waals surface area contributed by atoms with Crippen LogP contribution in [0.5, 0.6) is 0 Å². The number of aryl methyl sites for hydroxylation is 3. The minimum atomic E-state index is -0.117. The van der Waals surface area contributed by atoms with Crippen molar-refractivity contribution < 1.29 is 4.79 Å². The van der Waals surface area contributed by atoms with Crippen molar-refractivity contribution in [1.29, 1.82) is 0 Å². The summed E-state index contributed by atoms with van der Waals surface area (Å²) in [6.07, 6.45) is 9.37. The average molecular weight is 308 g/mol. The van der Waals surface area contributed by atoms with Gasteiger partial charge in [-0.3, -0.25) is 14.2 Å². The summed E-state index contributed by atoms with van der Waals surface area (Å²) < 4.78 is 3.48. The van der Waals surface area contributed by atoms with Crippen LogP contribution < -0.4 is 5.32 Å². The summed E-state index contributed by atoms with van der Waals surface area (Å²) in [5, 5.41) is 11.8. The highest BCUT2D eigenvalue weighted by atomic mass is 35.5. The Labute approximate surface area is 128 Å². The molecule has 0 aromatic carbocycles. The number of hydrogen-bond donors (Lipinski definition) is 1. The van der Waals surface area contributed by atoms with Crippen molar-refractivity contribution >= 4 is 23.6 Å². The molecule has 0 atom stereocenters. The van der Waals surface area contributed by atoms with Gasteiger partial charge in [0.15, 0.2) is 0 Å². The van der Waals surface area contributed by atoms with E-state index in [1.807, 2.05) is 20.2 Å². The summed E-state index contributed by atoms with van der Waals surface area (Å²) >= 11 is 5.92. The molecule has 21 heavy (non-hydrogen) atoms. The van der Waals surface area contributed by atoms with Crippen LogP contribution in [-0.2, 0) is 18.4 Å². The molecule has 0 fully saturated rings. The van der Waals surface area contributed by atoms with Crippen molar-refractivity contribution in [3.8, 4) is 0 Å². The molecule has 112 valence electrons. The van der Waals surface area contributed by atoms with Gasteiger partial charge in [-0.2, -0.15) is 10.2 Å². The van der Waals surface area contributed by atoms with E-state index in [0.717, 1.165) is 24.2 Å². The highest BCUT2D eigenvalue weighted by Gasteiger charge is 2.01. The molecule has 0 aliphatic heterocycles. The second-order valence-corrected chi connectivity index (χ2v) is 5.16. The lowest BCUT2D eigenvalue weighted by atomic mass is 10.3. The first-order valence-corrected chi connectivity index (χ1v) is 7.06. The number of amides is 1. The molecule has 0 bridgehead atoms. The monoisotopic (exact) mass is 307 g/mol. The smallest absolute Gasteiger partial charge is 0.244 e. The molecule has 1 amide bonds. The lowest BCUT2D eigenvalue weighted by Gasteiger charge is -2.02. The Balaban J connectivity index is 1.68. The van der Waals surface area contributed by atoms with E-state index in [-0.39, 0.29) is 5.91 Å². The molecule has 0 unspecified atom stereocenters. The molecular weight excluding hydrogens is 290 g/mol. The number of rotatable bonds is 6. The van der Waals surface area contributed by atoms with E-state index in [1.165, 1.54) is 6.08 Å². The first kappa shape index (κ1) is 15.3. The minimum Gasteiger partial charge on any atom is -0.352 e. The van der Waals surface area contributed by atoms with Crippen molar-refractivity contribution in [1.82, 2.24) is 24.9 Å². The third-order valence-corrected chi connectivity index (χ3v) is 3.27. The molecule has 7 heteroatoms. The Hall–Kier alpha value is -2.08. The second kappa shape index (κ2) is 7.08. The SMILES string of the molecule is Cc1nn(CCCNC(=O)/C=C/c2cnn(C)c2)cc1Cl. The standard InChI is InChI=1S/C14H18ClN5O/c1-11-13(15)10-20(18-11)7-3-6-16-14(21)5-4-12-8-17-19(2)9-12/h4-5,8-10H,3,6-7H2,1-2H3,(H,16,21)/b5-4+. The molecule has 6 nitrogen and oxygen atoms in total. The van der Waals surface area contributed by atoms with Gasteiger partial charge in [0.2, 0.25) is 5.91 Å². The fraction of sp³-hybridized carbons (Fsp3) is 0.357. The van der Waals surface area contributed by atoms with Gasteiger partial charge in [-0.1, -0.05) is 11.6 Å². The normalized spacial score (nSPS) is 11.2. The Morgan fingerprint density at radius 2 is 2.29 bits per heavy atom. The zero-order chi connectivity index (χ0) is 15.2. The zero-order valence-corrected chi connectivity index (χ0v) is 12.8. The summed E-state index contributed by atoms with van der Waals surface area (Å²) in [5.74, 6) is -0.117. The predicted molar refractivity (Wildman–Crippen MR) is 81.8 cm³/mol. The Morgan fingerprint density at radius 3 is 2.90 bits per heavy atom. The number of nitrogens with zero attached hydrogens (tertiary/aromatic N) is 4. The first-order valence-electron chi connectivity index (χ1n) is 6.69. The van der Waals surface area contributed by atoms with Gasteiger partial charge < -0.3 is 5.32 Å². The van der Waals surface area contributed by atoms with Crippen LogP contribution in [0.25, 0.3) is 6.08 Å². The summed E-state index contributed by atoms with van der Waals surface area (Å²) in [5.41, 5.74) is 1.72. The van der Waals surface area contributed by atoms with Gasteiger partial charge in [0.1, 0.15) is 0 Å². The molecule has 2 rings (SSSR count). The van der Waals surface area contributed by atoms with Crippen LogP contribution in [0.15, 0.2) is 24.7 Å². The third kappa shape index (κ3) is 4.75. The molecular formula is C14H18ClN5O. The number of nitrogens with one attached hydrogen (secondary N) is 1. The zero-order valence-electron chi connectivity index (χ0n) is 12.1. The van der Waals surface area contributed by atoms with Crippen LogP contribution in [0.4, 0.5) is 0 Å². The van der Waals surface area contributed by atoms with E-state index in [1.54, 1.807) is 27.8 Å². The number of carbonyl (C=O) groups excluding carboxylic acids is 1. The fourth-order valence-electron chi connectivity index (χ4n) is 1.82. The largest absolute Gasteiger partial charge is 0.352 e. The van der Waals surface area contributed by atoms with Gasteiger partial charge in [0.25, 0.3) is 0 Å². The first-order chi connectivity index (χ1) is 10.0. The van der Waals surface area contributed by atoms with Crippen molar-refractivity contribution in [2.75, 3.05) is 6.54 Å². The minimum absolute atomic E-state index is 0.117. The van der Waals surface area contributed by atoms with Gasteiger partial charge in [-0.05, 0) is 19.4 Å². The van der Waals surface area contributed by atoms with Gasteiger partial charge in [-0.25, -0.2) is 0 Å². The van der Waals surface area contributed by atoms with Gasteiger partial charge in [-0.15, -0.1) is 0 Å². The molecule has 2 aromatic heterocycles. The quantitative estimate of drug-likeness (QED) is 0.654. The molecule has 2 aromatic rings. The van der Waals surface area contributed by atoms with Crippen LogP contribution in [0.2, 0.25) is 5.02 Å². The van der Waals surface area contributed by atoms with Gasteiger partial charge >= 0.3 is 0 Å². The lowest BCUT2D eigenvalue weighted by Crippen LogP contribution is -2.23. The predicted octanol–water partition coefficient (Wildman–Crippen LogP) is 1.80. The van der Waals surface area contributed by atoms with Gasteiger partial charge in [0.05, 0.1) is 16.9 Å². The maximum absolute atomic E-state index is 11.6. The maximum Gasteiger partial charge on any atom is 0.244 e. The summed E-state index contributed by atoms with van der Waals surface area (Å²) in [6, 6.07) is 0. The topological polar surface area (TPSA) is 64.7 Å². The van der Waals surface area contributed by atoms with Crippen molar-refractivity contribution in [3.05, 3.63) is 40.9 Å². The molecule has 0 radical (unpaired) electrons.